The molecule has 0 atom stereocenters. The fraction of sp³-hybridized carbons (Fsp3) is 0.158. The van der Waals surface area contributed by atoms with Crippen molar-refractivity contribution in [3.05, 3.63) is 66.4 Å². The van der Waals surface area contributed by atoms with Gasteiger partial charge in [-0.2, -0.15) is 0 Å². The smallest absolute Gasteiger partial charge is 0.230 e. The maximum Gasteiger partial charge on any atom is 0.230 e. The zero-order valence-corrected chi connectivity index (χ0v) is 12.9. The summed E-state index contributed by atoms with van der Waals surface area (Å²) >= 11 is 0. The van der Waals surface area contributed by atoms with E-state index in [0.717, 1.165) is 35.9 Å². The molecule has 3 aromatic rings. The first-order valence-electron chi connectivity index (χ1n) is 7.68. The van der Waals surface area contributed by atoms with Crippen molar-refractivity contribution in [1.29, 1.82) is 0 Å². The number of hydrogen-bond donors (Lipinski definition) is 0. The van der Waals surface area contributed by atoms with Crippen molar-refractivity contribution in [3.63, 3.8) is 0 Å². The van der Waals surface area contributed by atoms with Gasteiger partial charge in [0.2, 0.25) is 5.95 Å². The summed E-state index contributed by atoms with van der Waals surface area (Å²) in [6.07, 6.45) is 2.86. The lowest BCUT2D eigenvalue weighted by Crippen LogP contribution is -2.16. The van der Waals surface area contributed by atoms with Gasteiger partial charge in [-0.3, -0.25) is 0 Å². The lowest BCUT2D eigenvalue weighted by atomic mass is 10.1. The third kappa shape index (κ3) is 2.52. The first-order chi connectivity index (χ1) is 11.3. The lowest BCUT2D eigenvalue weighted by molar-refractivity contribution is 0.415. The molecule has 114 valence electrons. The maximum absolute atomic E-state index is 5.21. The zero-order chi connectivity index (χ0) is 15.6. The van der Waals surface area contributed by atoms with Crippen LogP contribution in [0.15, 0.2) is 60.8 Å². The Bertz CT molecular complexity index is 830. The van der Waals surface area contributed by atoms with Crippen molar-refractivity contribution in [2.45, 2.75) is 6.42 Å². The molecule has 4 nitrogen and oxygen atoms in total. The van der Waals surface area contributed by atoms with Crippen molar-refractivity contribution in [1.82, 2.24) is 9.97 Å². The molecule has 0 saturated heterocycles. The molecule has 0 fully saturated rings. The number of aromatic nitrogens is 2. The van der Waals surface area contributed by atoms with Gasteiger partial charge < -0.3 is 9.64 Å². The minimum atomic E-state index is 0.753. The highest BCUT2D eigenvalue weighted by Crippen LogP contribution is 2.33. The van der Waals surface area contributed by atoms with Crippen LogP contribution < -0.4 is 9.64 Å². The molecule has 1 aliphatic heterocycles. The summed E-state index contributed by atoms with van der Waals surface area (Å²) in [4.78, 5) is 11.4. The summed E-state index contributed by atoms with van der Waals surface area (Å²) in [5.41, 5.74) is 4.54. The van der Waals surface area contributed by atoms with Crippen molar-refractivity contribution >= 4 is 11.6 Å². The van der Waals surface area contributed by atoms with E-state index in [1.807, 2.05) is 36.5 Å². The summed E-state index contributed by atoms with van der Waals surface area (Å²) in [6, 6.07) is 18.3. The maximum atomic E-state index is 5.21. The third-order valence-electron chi connectivity index (χ3n) is 4.16. The second kappa shape index (κ2) is 5.72. The molecule has 2 aromatic carbocycles. The van der Waals surface area contributed by atoms with Crippen LogP contribution in [-0.2, 0) is 6.42 Å². The standard InChI is InChI=1S/C19H17N3O/c1-23-16-8-6-14(7-9-16)17-10-12-20-19(21-17)22-13-11-15-4-2-3-5-18(15)22/h2-10,12H,11,13H2,1H3. The van der Waals surface area contributed by atoms with Crippen LogP contribution in [0.4, 0.5) is 11.6 Å². The number of methoxy groups -OCH3 is 1. The van der Waals surface area contributed by atoms with E-state index in [4.69, 9.17) is 9.72 Å². The highest BCUT2D eigenvalue weighted by Gasteiger charge is 2.21. The molecule has 23 heavy (non-hydrogen) atoms. The SMILES string of the molecule is COc1ccc(-c2ccnc(N3CCc4ccccc43)n2)cc1. The van der Waals surface area contributed by atoms with Gasteiger partial charge in [-0.15, -0.1) is 0 Å². The Morgan fingerprint density at radius 3 is 2.65 bits per heavy atom. The normalized spacial score (nSPS) is 13.0. The van der Waals surface area contributed by atoms with E-state index in [2.05, 4.69) is 34.1 Å². The van der Waals surface area contributed by atoms with Crippen molar-refractivity contribution in [3.8, 4) is 17.0 Å². The molecule has 2 heterocycles. The average molecular weight is 303 g/mol. The van der Waals surface area contributed by atoms with Crippen LogP contribution in [0, 0.1) is 0 Å². The molecular weight excluding hydrogens is 286 g/mol. The molecule has 0 spiro atoms. The Labute approximate surface area is 135 Å². The quantitative estimate of drug-likeness (QED) is 0.736. The number of hydrogen-bond acceptors (Lipinski definition) is 4. The Balaban J connectivity index is 1.69. The van der Waals surface area contributed by atoms with Gasteiger partial charge in [-0.05, 0) is 48.4 Å². The van der Waals surface area contributed by atoms with E-state index < -0.39 is 0 Å². The minimum absolute atomic E-state index is 0.753. The molecule has 0 unspecified atom stereocenters. The van der Waals surface area contributed by atoms with Crippen LogP contribution in [0.2, 0.25) is 0 Å². The molecule has 0 aliphatic carbocycles. The predicted octanol–water partition coefficient (Wildman–Crippen LogP) is 3.85. The number of ether oxygens (including phenoxy) is 1. The van der Waals surface area contributed by atoms with Gasteiger partial charge in [-0.1, -0.05) is 18.2 Å². The molecule has 0 N–H and O–H groups in total. The first-order valence-corrected chi connectivity index (χ1v) is 7.68. The number of rotatable bonds is 3. The molecule has 4 heteroatoms. The fourth-order valence-electron chi connectivity index (χ4n) is 2.95. The molecule has 0 radical (unpaired) electrons. The number of anilines is 2. The largest absolute Gasteiger partial charge is 0.497 e. The molecule has 0 saturated carbocycles. The van der Waals surface area contributed by atoms with Gasteiger partial charge in [0.25, 0.3) is 0 Å². The van der Waals surface area contributed by atoms with Crippen LogP contribution in [0.5, 0.6) is 5.75 Å². The minimum Gasteiger partial charge on any atom is -0.497 e. The van der Waals surface area contributed by atoms with Gasteiger partial charge in [-0.25, -0.2) is 9.97 Å². The Morgan fingerprint density at radius 2 is 1.83 bits per heavy atom. The summed E-state index contributed by atoms with van der Waals surface area (Å²) in [6.45, 7) is 0.922. The van der Waals surface area contributed by atoms with Crippen LogP contribution >= 0.6 is 0 Å². The third-order valence-corrected chi connectivity index (χ3v) is 4.16. The summed E-state index contributed by atoms with van der Waals surface area (Å²) < 4.78 is 5.21. The molecule has 1 aliphatic rings. The zero-order valence-electron chi connectivity index (χ0n) is 12.9. The summed E-state index contributed by atoms with van der Waals surface area (Å²) in [5.74, 6) is 1.60. The highest BCUT2D eigenvalue weighted by atomic mass is 16.5. The first kappa shape index (κ1) is 13.8. The molecule has 4 rings (SSSR count). The van der Waals surface area contributed by atoms with E-state index >= 15 is 0 Å². The van der Waals surface area contributed by atoms with Gasteiger partial charge in [0.05, 0.1) is 12.8 Å². The number of benzene rings is 2. The van der Waals surface area contributed by atoms with Crippen LogP contribution in [0.1, 0.15) is 5.56 Å². The molecule has 0 bridgehead atoms. The average Bonchev–Trinajstić information content (AvgIpc) is 3.06. The van der Waals surface area contributed by atoms with Crippen LogP contribution in [0.25, 0.3) is 11.3 Å². The monoisotopic (exact) mass is 303 g/mol. The molecule has 0 amide bonds. The van der Waals surface area contributed by atoms with Crippen molar-refractivity contribution in [2.75, 3.05) is 18.6 Å². The van der Waals surface area contributed by atoms with Crippen LogP contribution in [0.3, 0.4) is 0 Å². The number of para-hydroxylation sites is 1. The van der Waals surface area contributed by atoms with Gasteiger partial charge in [0.15, 0.2) is 0 Å². The second-order valence-corrected chi connectivity index (χ2v) is 5.50. The predicted molar refractivity (Wildman–Crippen MR) is 91.2 cm³/mol. The van der Waals surface area contributed by atoms with E-state index in [1.54, 1.807) is 7.11 Å². The Hall–Kier alpha value is -2.88. The van der Waals surface area contributed by atoms with Gasteiger partial charge >= 0.3 is 0 Å². The van der Waals surface area contributed by atoms with Gasteiger partial charge in [0.1, 0.15) is 5.75 Å². The van der Waals surface area contributed by atoms with E-state index in [-0.39, 0.29) is 0 Å². The summed E-state index contributed by atoms with van der Waals surface area (Å²) in [7, 11) is 1.67. The van der Waals surface area contributed by atoms with Crippen molar-refractivity contribution < 1.29 is 4.74 Å². The Kier molecular flexibility index (Phi) is 3.42. The topological polar surface area (TPSA) is 38.2 Å². The lowest BCUT2D eigenvalue weighted by Gasteiger charge is -2.17. The number of nitrogens with zero attached hydrogens (tertiary/aromatic N) is 3. The van der Waals surface area contributed by atoms with E-state index in [1.165, 1.54) is 11.3 Å². The molecular formula is C19H17N3O. The number of fused-ring (bicyclic) bond motifs is 1. The molecule has 1 aromatic heterocycles. The van der Waals surface area contributed by atoms with E-state index in [0.29, 0.717) is 0 Å². The van der Waals surface area contributed by atoms with E-state index in [9.17, 15) is 0 Å². The Morgan fingerprint density at radius 1 is 1.00 bits per heavy atom. The van der Waals surface area contributed by atoms with Crippen molar-refractivity contribution in [2.24, 2.45) is 0 Å². The fourth-order valence-corrected chi connectivity index (χ4v) is 2.95. The second-order valence-electron chi connectivity index (χ2n) is 5.50. The summed E-state index contributed by atoms with van der Waals surface area (Å²) in [5, 5.41) is 0. The highest BCUT2D eigenvalue weighted by molar-refractivity contribution is 5.68. The van der Waals surface area contributed by atoms with Crippen LogP contribution in [-0.4, -0.2) is 23.6 Å². The van der Waals surface area contributed by atoms with Gasteiger partial charge in [0, 0.05) is 24.0 Å².